The van der Waals surface area contributed by atoms with E-state index in [2.05, 4.69) is 21.2 Å². The lowest BCUT2D eigenvalue weighted by molar-refractivity contribution is -0.138. The van der Waals surface area contributed by atoms with Crippen LogP contribution in [0.15, 0.2) is 28.7 Å². The summed E-state index contributed by atoms with van der Waals surface area (Å²) in [6.07, 6.45) is 2.75. The second kappa shape index (κ2) is 8.66. The minimum atomic E-state index is -0.859. The fraction of sp³-hybridized carbons (Fsp3) is 0.526. The molecule has 1 saturated heterocycles. The molecule has 0 spiro atoms. The van der Waals surface area contributed by atoms with Crippen LogP contribution in [0.25, 0.3) is 0 Å². The number of carbonyl (C=O) groups excluding carboxylic acids is 3. The molecule has 4 amide bonds. The lowest BCUT2D eigenvalue weighted by atomic mass is 9.88. The predicted molar refractivity (Wildman–Crippen MR) is 103 cm³/mol. The Morgan fingerprint density at radius 2 is 1.81 bits per heavy atom. The summed E-state index contributed by atoms with van der Waals surface area (Å²) in [5.74, 6) is -0.554. The van der Waals surface area contributed by atoms with Crippen LogP contribution in [0.3, 0.4) is 0 Å². The molecule has 1 aliphatic heterocycles. The Morgan fingerprint density at radius 3 is 2.38 bits per heavy atom. The number of benzene rings is 1. The van der Waals surface area contributed by atoms with Crippen molar-refractivity contribution in [3.8, 4) is 0 Å². The molecule has 0 radical (unpaired) electrons. The lowest BCUT2D eigenvalue weighted by Crippen LogP contribution is -2.47. The smallest absolute Gasteiger partial charge is 0.325 e. The molecule has 1 heterocycles. The first-order valence-electron chi connectivity index (χ1n) is 8.96. The molecule has 142 valence electrons. The summed E-state index contributed by atoms with van der Waals surface area (Å²) in [5, 5.41) is 2.83. The van der Waals surface area contributed by atoms with Gasteiger partial charge in [-0.2, -0.15) is 0 Å². The van der Waals surface area contributed by atoms with Crippen molar-refractivity contribution in [2.45, 2.75) is 51.6 Å². The van der Waals surface area contributed by atoms with E-state index in [1.807, 2.05) is 38.1 Å². The van der Waals surface area contributed by atoms with Gasteiger partial charge in [-0.15, -0.1) is 0 Å². The minimum Gasteiger partial charge on any atom is -0.340 e. The highest BCUT2D eigenvalue weighted by Crippen LogP contribution is 2.28. The standard InChI is InChI=1S/C19H26BrN3O3/c1-4-10-19(11-5-2)17(25)23(18(26)21-19)13-16(24)22(3)12-14-8-6-7-9-15(14)20/h6-9H,4-5,10-13H2,1-3H3,(H,21,26). The van der Waals surface area contributed by atoms with Crippen molar-refractivity contribution in [2.75, 3.05) is 13.6 Å². The van der Waals surface area contributed by atoms with E-state index in [-0.39, 0.29) is 18.4 Å². The maximum Gasteiger partial charge on any atom is 0.325 e. The summed E-state index contributed by atoms with van der Waals surface area (Å²) in [7, 11) is 1.67. The number of carbonyl (C=O) groups is 3. The van der Waals surface area contributed by atoms with Gasteiger partial charge in [-0.3, -0.25) is 14.5 Å². The van der Waals surface area contributed by atoms with Gasteiger partial charge < -0.3 is 10.2 Å². The number of nitrogens with one attached hydrogen (secondary N) is 1. The van der Waals surface area contributed by atoms with Crippen molar-refractivity contribution in [2.24, 2.45) is 0 Å². The van der Waals surface area contributed by atoms with Crippen LogP contribution in [0, 0.1) is 0 Å². The Labute approximate surface area is 163 Å². The Balaban J connectivity index is 2.07. The van der Waals surface area contributed by atoms with E-state index in [4.69, 9.17) is 0 Å². The van der Waals surface area contributed by atoms with Gasteiger partial charge in [0.1, 0.15) is 12.1 Å². The topological polar surface area (TPSA) is 69.7 Å². The first-order valence-corrected chi connectivity index (χ1v) is 9.75. The quantitative estimate of drug-likeness (QED) is 0.652. The summed E-state index contributed by atoms with van der Waals surface area (Å²) >= 11 is 3.46. The predicted octanol–water partition coefficient (Wildman–Crippen LogP) is 3.30. The number of rotatable bonds is 8. The van der Waals surface area contributed by atoms with Gasteiger partial charge in [-0.25, -0.2) is 4.79 Å². The van der Waals surface area contributed by atoms with Crippen molar-refractivity contribution >= 4 is 33.8 Å². The number of hydrogen-bond donors (Lipinski definition) is 1. The Bertz CT molecular complexity index is 686. The number of urea groups is 1. The Hall–Kier alpha value is -1.89. The lowest BCUT2D eigenvalue weighted by Gasteiger charge is -2.26. The summed E-state index contributed by atoms with van der Waals surface area (Å²) in [4.78, 5) is 40.3. The Morgan fingerprint density at radius 1 is 1.19 bits per heavy atom. The van der Waals surface area contributed by atoms with E-state index in [1.54, 1.807) is 7.05 Å². The van der Waals surface area contributed by atoms with Crippen molar-refractivity contribution in [1.82, 2.24) is 15.1 Å². The van der Waals surface area contributed by atoms with Crippen LogP contribution in [0.4, 0.5) is 4.79 Å². The second-order valence-corrected chi connectivity index (χ2v) is 7.60. The van der Waals surface area contributed by atoms with Crippen LogP contribution in [-0.2, 0) is 16.1 Å². The molecule has 0 unspecified atom stereocenters. The average Bonchev–Trinajstić information content (AvgIpc) is 2.82. The zero-order valence-electron chi connectivity index (χ0n) is 15.5. The molecule has 0 saturated carbocycles. The van der Waals surface area contributed by atoms with E-state index in [1.165, 1.54) is 4.90 Å². The van der Waals surface area contributed by atoms with Gasteiger partial charge in [0.05, 0.1) is 0 Å². The number of imide groups is 1. The molecule has 1 fully saturated rings. The molecule has 6 nitrogen and oxygen atoms in total. The van der Waals surface area contributed by atoms with Crippen molar-refractivity contribution in [3.63, 3.8) is 0 Å². The summed E-state index contributed by atoms with van der Waals surface area (Å²) in [5.41, 5.74) is 0.105. The fourth-order valence-corrected chi connectivity index (χ4v) is 3.77. The van der Waals surface area contributed by atoms with Crippen LogP contribution in [0.5, 0.6) is 0 Å². The third-order valence-corrected chi connectivity index (χ3v) is 5.46. The van der Waals surface area contributed by atoms with E-state index in [0.717, 1.165) is 27.8 Å². The molecule has 1 N–H and O–H groups in total. The summed E-state index contributed by atoms with van der Waals surface area (Å²) in [6, 6.07) is 7.17. The van der Waals surface area contributed by atoms with Crippen molar-refractivity contribution in [3.05, 3.63) is 34.3 Å². The molecule has 1 aromatic rings. The third kappa shape index (κ3) is 4.26. The maximum absolute atomic E-state index is 12.9. The van der Waals surface area contributed by atoms with Gasteiger partial charge in [-0.05, 0) is 24.5 Å². The first kappa shape index (κ1) is 20.4. The van der Waals surface area contributed by atoms with Crippen LogP contribution >= 0.6 is 15.9 Å². The third-order valence-electron chi connectivity index (χ3n) is 4.68. The highest BCUT2D eigenvalue weighted by molar-refractivity contribution is 9.10. The minimum absolute atomic E-state index is 0.235. The van der Waals surface area contributed by atoms with Gasteiger partial charge in [-0.1, -0.05) is 60.8 Å². The van der Waals surface area contributed by atoms with E-state index >= 15 is 0 Å². The van der Waals surface area contributed by atoms with E-state index in [9.17, 15) is 14.4 Å². The largest absolute Gasteiger partial charge is 0.340 e. The SMILES string of the molecule is CCCC1(CCC)NC(=O)N(CC(=O)N(C)Cc2ccccc2Br)C1=O. The molecule has 0 aliphatic carbocycles. The monoisotopic (exact) mass is 423 g/mol. The molecule has 0 aromatic heterocycles. The van der Waals surface area contributed by atoms with E-state index in [0.29, 0.717) is 19.4 Å². The molecule has 2 rings (SSSR count). The molecule has 1 aliphatic rings. The number of halogens is 1. The molecule has 1 aromatic carbocycles. The van der Waals surface area contributed by atoms with Gasteiger partial charge >= 0.3 is 6.03 Å². The van der Waals surface area contributed by atoms with Gasteiger partial charge in [0, 0.05) is 18.1 Å². The van der Waals surface area contributed by atoms with Crippen LogP contribution in [-0.4, -0.2) is 46.8 Å². The van der Waals surface area contributed by atoms with Crippen molar-refractivity contribution in [1.29, 1.82) is 0 Å². The fourth-order valence-electron chi connectivity index (χ4n) is 3.36. The number of likely N-dealkylation sites (N-methyl/N-ethyl adjacent to an activating group) is 1. The average molecular weight is 424 g/mol. The normalized spacial score (nSPS) is 15.9. The van der Waals surface area contributed by atoms with Crippen molar-refractivity contribution < 1.29 is 14.4 Å². The zero-order chi connectivity index (χ0) is 19.3. The van der Waals surface area contributed by atoms with Gasteiger partial charge in [0.2, 0.25) is 5.91 Å². The van der Waals surface area contributed by atoms with Gasteiger partial charge in [0.15, 0.2) is 0 Å². The highest BCUT2D eigenvalue weighted by atomic mass is 79.9. The number of nitrogens with zero attached hydrogens (tertiary/aromatic N) is 2. The number of amides is 4. The van der Waals surface area contributed by atoms with E-state index < -0.39 is 11.6 Å². The van der Waals surface area contributed by atoms with Crippen LogP contribution in [0.2, 0.25) is 0 Å². The Kier molecular flexibility index (Phi) is 6.81. The second-order valence-electron chi connectivity index (χ2n) is 6.74. The molecular formula is C19H26BrN3O3. The van der Waals surface area contributed by atoms with Gasteiger partial charge in [0.25, 0.3) is 5.91 Å². The first-order chi connectivity index (χ1) is 12.3. The number of hydrogen-bond acceptors (Lipinski definition) is 3. The highest BCUT2D eigenvalue weighted by Gasteiger charge is 2.50. The maximum atomic E-state index is 12.9. The summed E-state index contributed by atoms with van der Waals surface area (Å²) in [6.45, 7) is 4.13. The zero-order valence-corrected chi connectivity index (χ0v) is 17.1. The molecule has 7 heteroatoms. The molecule has 26 heavy (non-hydrogen) atoms. The van der Waals surface area contributed by atoms with Crippen LogP contribution in [0.1, 0.15) is 45.1 Å². The van der Waals surface area contributed by atoms with Crippen LogP contribution < -0.4 is 5.32 Å². The molecular weight excluding hydrogens is 398 g/mol. The summed E-state index contributed by atoms with van der Waals surface area (Å²) < 4.78 is 0.916. The molecule has 0 bridgehead atoms. The molecule has 0 atom stereocenters.